The molecule has 0 radical (unpaired) electrons. The van der Waals surface area contributed by atoms with Crippen LogP contribution in [0.25, 0.3) is 0 Å². The summed E-state index contributed by atoms with van der Waals surface area (Å²) in [6.07, 6.45) is 2.16. The second kappa shape index (κ2) is 13.1. The van der Waals surface area contributed by atoms with E-state index in [1.165, 1.54) is 10.4 Å². The van der Waals surface area contributed by atoms with Gasteiger partial charge in [0.15, 0.2) is 5.96 Å². The average molecular weight is 486 g/mol. The summed E-state index contributed by atoms with van der Waals surface area (Å²) in [7, 11) is 6.13. The minimum absolute atomic E-state index is 0. The van der Waals surface area contributed by atoms with Crippen LogP contribution in [0.15, 0.2) is 52.8 Å². The second-order valence-electron chi connectivity index (χ2n) is 6.30. The maximum Gasteiger partial charge on any atom is 0.193 e. The lowest BCUT2D eigenvalue weighted by atomic mass is 10.2. The summed E-state index contributed by atoms with van der Waals surface area (Å²) in [5.41, 5.74) is 1.36. The fourth-order valence-electron chi connectivity index (χ4n) is 2.75. The number of likely N-dealkylation sites (N-methyl/N-ethyl adjacent to an activating group) is 1. The first-order chi connectivity index (χ1) is 12.2. The molecule has 1 N–H and O–H groups in total. The first kappa shape index (κ1) is 22.9. The Kier molecular flexibility index (Phi) is 11.6. The van der Waals surface area contributed by atoms with Crippen molar-refractivity contribution in [1.29, 1.82) is 0 Å². The molecule has 0 bridgehead atoms. The molecule has 0 spiro atoms. The topological polar surface area (TPSA) is 30.9 Å². The molecule has 6 heteroatoms. The molecule has 0 amide bonds. The summed E-state index contributed by atoms with van der Waals surface area (Å²) in [5, 5.41) is 5.60. The average Bonchev–Trinajstić information content (AvgIpc) is 3.14. The predicted octanol–water partition coefficient (Wildman–Crippen LogP) is 3.94. The molecule has 2 aromatic rings. The van der Waals surface area contributed by atoms with Crippen LogP contribution in [0.4, 0.5) is 0 Å². The van der Waals surface area contributed by atoms with E-state index in [0.717, 1.165) is 45.0 Å². The number of nitrogens with one attached hydrogen (secondary N) is 1. The lowest BCUT2D eigenvalue weighted by Crippen LogP contribution is -2.40. The van der Waals surface area contributed by atoms with Crippen molar-refractivity contribution >= 4 is 41.3 Å². The van der Waals surface area contributed by atoms with E-state index < -0.39 is 0 Å². The fraction of sp³-hybridized carbons (Fsp3) is 0.450. The van der Waals surface area contributed by atoms with Crippen LogP contribution in [0, 0.1) is 0 Å². The standard InChI is InChI=1S/C20H30N4S.HI/c1-21-20(24(3)15-12-19-11-7-16-25-19)22-13-8-14-23(2)17-18-9-5-4-6-10-18;/h4-7,9-11,16H,8,12-15,17H2,1-3H3,(H,21,22);1H. The molecule has 1 aromatic heterocycles. The number of halogens is 1. The summed E-state index contributed by atoms with van der Waals surface area (Å²) in [6, 6.07) is 14.9. The van der Waals surface area contributed by atoms with Crippen LogP contribution >= 0.6 is 35.3 Å². The van der Waals surface area contributed by atoms with E-state index in [1.54, 1.807) is 0 Å². The molecule has 0 saturated carbocycles. The van der Waals surface area contributed by atoms with Gasteiger partial charge in [0, 0.05) is 38.6 Å². The summed E-state index contributed by atoms with van der Waals surface area (Å²) < 4.78 is 0. The van der Waals surface area contributed by atoms with Crippen molar-refractivity contribution in [3.63, 3.8) is 0 Å². The highest BCUT2D eigenvalue weighted by molar-refractivity contribution is 14.0. The Labute approximate surface area is 179 Å². The largest absolute Gasteiger partial charge is 0.356 e. The van der Waals surface area contributed by atoms with Gasteiger partial charge in [-0.25, -0.2) is 0 Å². The van der Waals surface area contributed by atoms with Crippen molar-refractivity contribution < 1.29 is 0 Å². The molecule has 0 aliphatic rings. The molecule has 0 aliphatic carbocycles. The molecule has 0 unspecified atom stereocenters. The Bertz CT molecular complexity index is 616. The molecule has 1 heterocycles. The molecule has 4 nitrogen and oxygen atoms in total. The SMILES string of the molecule is CN=C(NCCCN(C)Cc1ccccc1)N(C)CCc1cccs1.I. The van der Waals surface area contributed by atoms with Crippen molar-refractivity contribution in [2.75, 3.05) is 40.8 Å². The van der Waals surface area contributed by atoms with Gasteiger partial charge < -0.3 is 15.1 Å². The molecule has 0 aliphatic heterocycles. The van der Waals surface area contributed by atoms with Gasteiger partial charge >= 0.3 is 0 Å². The highest BCUT2D eigenvalue weighted by atomic mass is 127. The first-order valence-corrected chi connectivity index (χ1v) is 9.73. The van der Waals surface area contributed by atoms with E-state index in [0.29, 0.717) is 0 Å². The Balaban J connectivity index is 0.00000338. The zero-order valence-corrected chi connectivity index (χ0v) is 19.2. The summed E-state index contributed by atoms with van der Waals surface area (Å²) in [5.74, 6) is 0.974. The molecule has 0 fully saturated rings. The van der Waals surface area contributed by atoms with Crippen molar-refractivity contribution in [2.24, 2.45) is 4.99 Å². The van der Waals surface area contributed by atoms with Gasteiger partial charge in [-0.1, -0.05) is 36.4 Å². The van der Waals surface area contributed by atoms with E-state index in [1.807, 2.05) is 18.4 Å². The van der Waals surface area contributed by atoms with Crippen LogP contribution in [0.1, 0.15) is 16.9 Å². The van der Waals surface area contributed by atoms with Gasteiger partial charge in [0.25, 0.3) is 0 Å². The maximum absolute atomic E-state index is 4.39. The third-order valence-electron chi connectivity index (χ3n) is 4.14. The van der Waals surface area contributed by atoms with Gasteiger partial charge in [-0.15, -0.1) is 35.3 Å². The number of thiophene rings is 1. The number of rotatable bonds is 9. The van der Waals surface area contributed by atoms with Crippen LogP contribution in [-0.2, 0) is 13.0 Å². The lowest BCUT2D eigenvalue weighted by molar-refractivity contribution is 0.321. The van der Waals surface area contributed by atoms with E-state index in [9.17, 15) is 0 Å². The van der Waals surface area contributed by atoms with Crippen LogP contribution in [0.5, 0.6) is 0 Å². The number of guanidine groups is 1. The molecule has 144 valence electrons. The van der Waals surface area contributed by atoms with Gasteiger partial charge in [-0.3, -0.25) is 4.99 Å². The van der Waals surface area contributed by atoms with Gasteiger partial charge in [0.05, 0.1) is 0 Å². The van der Waals surface area contributed by atoms with Gasteiger partial charge in [0.1, 0.15) is 0 Å². The van der Waals surface area contributed by atoms with Crippen LogP contribution in [0.2, 0.25) is 0 Å². The second-order valence-corrected chi connectivity index (χ2v) is 7.33. The highest BCUT2D eigenvalue weighted by Gasteiger charge is 2.06. The zero-order valence-electron chi connectivity index (χ0n) is 16.0. The summed E-state index contributed by atoms with van der Waals surface area (Å²) >= 11 is 1.82. The molecule has 2 rings (SSSR count). The lowest BCUT2D eigenvalue weighted by Gasteiger charge is -2.22. The third-order valence-corrected chi connectivity index (χ3v) is 5.08. The molecule has 1 aromatic carbocycles. The Morgan fingerprint density at radius 2 is 1.85 bits per heavy atom. The normalized spacial score (nSPS) is 11.3. The quantitative estimate of drug-likeness (QED) is 0.252. The number of nitrogens with zero attached hydrogens (tertiary/aromatic N) is 3. The van der Waals surface area contributed by atoms with Crippen LogP contribution < -0.4 is 5.32 Å². The third kappa shape index (κ3) is 8.51. The molecular weight excluding hydrogens is 455 g/mol. The number of benzene rings is 1. The van der Waals surface area contributed by atoms with E-state index >= 15 is 0 Å². The first-order valence-electron chi connectivity index (χ1n) is 8.85. The Hall–Kier alpha value is -1.12. The minimum Gasteiger partial charge on any atom is -0.356 e. The number of aliphatic imine (C=N–C) groups is 1. The number of hydrogen-bond donors (Lipinski definition) is 1. The van der Waals surface area contributed by atoms with E-state index in [2.05, 4.69) is 82.0 Å². The molecule has 0 atom stereocenters. The van der Waals surface area contributed by atoms with Crippen molar-refractivity contribution in [2.45, 2.75) is 19.4 Å². The Morgan fingerprint density at radius 1 is 1.08 bits per heavy atom. The van der Waals surface area contributed by atoms with Gasteiger partial charge in [-0.05, 0) is 43.4 Å². The van der Waals surface area contributed by atoms with E-state index in [-0.39, 0.29) is 24.0 Å². The van der Waals surface area contributed by atoms with Crippen molar-refractivity contribution in [1.82, 2.24) is 15.1 Å². The minimum atomic E-state index is 0. The maximum atomic E-state index is 4.39. The monoisotopic (exact) mass is 486 g/mol. The van der Waals surface area contributed by atoms with E-state index in [4.69, 9.17) is 0 Å². The summed E-state index contributed by atoms with van der Waals surface area (Å²) in [6.45, 7) is 3.98. The summed E-state index contributed by atoms with van der Waals surface area (Å²) in [4.78, 5) is 10.4. The predicted molar refractivity (Wildman–Crippen MR) is 125 cm³/mol. The van der Waals surface area contributed by atoms with Gasteiger partial charge in [0.2, 0.25) is 0 Å². The van der Waals surface area contributed by atoms with Gasteiger partial charge in [-0.2, -0.15) is 0 Å². The molecule has 26 heavy (non-hydrogen) atoms. The molecule has 0 saturated heterocycles. The fourth-order valence-corrected chi connectivity index (χ4v) is 3.44. The zero-order chi connectivity index (χ0) is 17.9. The van der Waals surface area contributed by atoms with Crippen LogP contribution in [0.3, 0.4) is 0 Å². The van der Waals surface area contributed by atoms with Crippen molar-refractivity contribution in [3.8, 4) is 0 Å². The Morgan fingerprint density at radius 3 is 2.50 bits per heavy atom. The van der Waals surface area contributed by atoms with Crippen molar-refractivity contribution in [3.05, 3.63) is 58.3 Å². The van der Waals surface area contributed by atoms with Crippen LogP contribution in [-0.4, -0.2) is 56.5 Å². The molecular formula is C20H31IN4S. The highest BCUT2D eigenvalue weighted by Crippen LogP contribution is 2.09. The smallest absolute Gasteiger partial charge is 0.193 e. The number of hydrogen-bond acceptors (Lipinski definition) is 3.